The number of nitrogens with one attached hydrogen (secondary N) is 1. The highest BCUT2D eigenvalue weighted by atomic mass is 32.2. The summed E-state index contributed by atoms with van der Waals surface area (Å²) in [5.74, 6) is 0.308. The van der Waals surface area contributed by atoms with Crippen molar-refractivity contribution < 1.29 is 17.9 Å². The number of fused-ring (bicyclic) bond motifs is 3. The summed E-state index contributed by atoms with van der Waals surface area (Å²) < 4.78 is 33.9. The fourth-order valence-corrected chi connectivity index (χ4v) is 6.37. The lowest BCUT2D eigenvalue weighted by atomic mass is 9.73. The molecule has 1 amide bonds. The average molecular weight is 429 g/mol. The molecule has 3 unspecified atom stereocenters. The number of carbonyl (C=O) groups is 1. The van der Waals surface area contributed by atoms with Crippen LogP contribution >= 0.6 is 0 Å². The summed E-state index contributed by atoms with van der Waals surface area (Å²) in [5, 5.41) is 3.00. The molecule has 5 rings (SSSR count). The number of rotatable bonds is 6. The second-order valence-electron chi connectivity index (χ2n) is 8.39. The van der Waals surface area contributed by atoms with Gasteiger partial charge in [-0.1, -0.05) is 30.3 Å². The summed E-state index contributed by atoms with van der Waals surface area (Å²) in [5.41, 5.74) is 0.620. The van der Waals surface area contributed by atoms with E-state index >= 15 is 0 Å². The van der Waals surface area contributed by atoms with E-state index in [0.717, 1.165) is 6.42 Å². The molecule has 1 aliphatic carbocycles. The van der Waals surface area contributed by atoms with Crippen LogP contribution in [-0.2, 0) is 14.8 Å². The molecule has 2 aromatic rings. The van der Waals surface area contributed by atoms with Gasteiger partial charge in [-0.05, 0) is 63.3 Å². The zero-order valence-corrected chi connectivity index (χ0v) is 18.1. The molecule has 0 radical (unpaired) electrons. The maximum atomic E-state index is 13.3. The number of anilines is 1. The molecule has 2 saturated heterocycles. The number of carbonyl (C=O) groups excluding carboxylic acids is 1. The molecule has 160 valence electrons. The zero-order valence-electron chi connectivity index (χ0n) is 17.3. The zero-order chi connectivity index (χ0) is 21.3. The fraction of sp³-hybridized carbons (Fsp3) is 0.435. The highest BCUT2D eigenvalue weighted by Gasteiger charge is 2.48. The molecule has 3 fully saturated rings. The quantitative estimate of drug-likeness (QED) is 0.757. The van der Waals surface area contributed by atoms with Gasteiger partial charge in [-0.25, -0.2) is 8.42 Å². The van der Waals surface area contributed by atoms with E-state index in [9.17, 15) is 13.2 Å². The van der Waals surface area contributed by atoms with Gasteiger partial charge in [-0.2, -0.15) is 4.31 Å². The first-order valence-corrected chi connectivity index (χ1v) is 11.9. The summed E-state index contributed by atoms with van der Waals surface area (Å²) in [6.45, 7) is 4.36. The lowest BCUT2D eigenvalue weighted by Crippen LogP contribution is -2.57. The van der Waals surface area contributed by atoms with E-state index in [2.05, 4.69) is 5.32 Å². The van der Waals surface area contributed by atoms with E-state index in [1.807, 2.05) is 38.1 Å². The molecule has 0 spiro atoms. The maximum Gasteiger partial charge on any atom is 0.243 e. The van der Waals surface area contributed by atoms with Crippen molar-refractivity contribution in [3.8, 4) is 5.75 Å². The monoisotopic (exact) mass is 428 g/mol. The second-order valence-corrected chi connectivity index (χ2v) is 10.3. The summed E-state index contributed by atoms with van der Waals surface area (Å²) in [6, 6.07) is 15.5. The van der Waals surface area contributed by atoms with Crippen molar-refractivity contribution in [2.45, 2.75) is 50.2 Å². The van der Waals surface area contributed by atoms with Crippen molar-refractivity contribution in [1.29, 1.82) is 0 Å². The van der Waals surface area contributed by atoms with E-state index in [-0.39, 0.29) is 34.8 Å². The predicted octanol–water partition coefficient (Wildman–Crippen LogP) is 3.90. The third kappa shape index (κ3) is 4.09. The summed E-state index contributed by atoms with van der Waals surface area (Å²) >= 11 is 0. The number of ether oxygens (including phenoxy) is 1. The van der Waals surface area contributed by atoms with E-state index in [4.69, 9.17) is 4.74 Å². The van der Waals surface area contributed by atoms with Crippen molar-refractivity contribution in [3.63, 3.8) is 0 Å². The van der Waals surface area contributed by atoms with Gasteiger partial charge in [0.25, 0.3) is 0 Å². The standard InChI is InChI=1S/C23H28N2O4S/c1-16(2)29-22-11-7-6-10-20(22)24-23(26)19-14-17-12-13-21(19)25(15-17)30(27,28)18-8-4-3-5-9-18/h3-11,16-17,19,21H,12-15H2,1-2H3,(H,24,26). The Balaban J connectivity index is 1.56. The number of sulfonamides is 1. The Morgan fingerprint density at radius 3 is 2.47 bits per heavy atom. The molecule has 2 bridgehead atoms. The van der Waals surface area contributed by atoms with Gasteiger partial charge < -0.3 is 10.1 Å². The van der Waals surface area contributed by atoms with Crippen LogP contribution in [-0.4, -0.2) is 37.3 Å². The number of hydrogen-bond acceptors (Lipinski definition) is 4. The third-order valence-electron chi connectivity index (χ3n) is 5.92. The van der Waals surface area contributed by atoms with Crippen LogP contribution in [0.15, 0.2) is 59.5 Å². The molecule has 2 aromatic carbocycles. The number of nitrogens with zero attached hydrogens (tertiary/aromatic N) is 1. The Labute approximate surface area is 178 Å². The molecule has 6 nitrogen and oxygen atoms in total. The van der Waals surface area contributed by atoms with Crippen molar-refractivity contribution >= 4 is 21.6 Å². The van der Waals surface area contributed by atoms with E-state index in [1.165, 1.54) is 0 Å². The van der Waals surface area contributed by atoms with Gasteiger partial charge in [0.05, 0.1) is 22.6 Å². The molecular weight excluding hydrogens is 400 g/mol. The van der Waals surface area contributed by atoms with Crippen LogP contribution in [0.25, 0.3) is 0 Å². The topological polar surface area (TPSA) is 75.7 Å². The molecule has 0 aromatic heterocycles. The number of para-hydroxylation sites is 2. The normalized spacial score (nSPS) is 24.0. The van der Waals surface area contributed by atoms with Crippen molar-refractivity contribution in [1.82, 2.24) is 4.31 Å². The highest BCUT2D eigenvalue weighted by molar-refractivity contribution is 7.89. The second kappa shape index (κ2) is 8.40. The molecule has 7 heteroatoms. The number of benzene rings is 2. The SMILES string of the molecule is CC(C)Oc1ccccc1NC(=O)C1CC2CCC1N(S(=O)(=O)c1ccccc1)C2. The number of piperidine rings is 2. The van der Waals surface area contributed by atoms with Crippen molar-refractivity contribution in [2.24, 2.45) is 11.8 Å². The molecule has 1 saturated carbocycles. The van der Waals surface area contributed by atoms with Crippen LogP contribution in [0.1, 0.15) is 33.1 Å². The van der Waals surface area contributed by atoms with Crippen LogP contribution in [0, 0.1) is 11.8 Å². The minimum absolute atomic E-state index is 0.0137. The predicted molar refractivity (Wildman–Crippen MR) is 116 cm³/mol. The van der Waals surface area contributed by atoms with E-state index in [0.29, 0.717) is 30.8 Å². The van der Waals surface area contributed by atoms with Gasteiger partial charge in [0.1, 0.15) is 5.75 Å². The lowest BCUT2D eigenvalue weighted by molar-refractivity contribution is -0.125. The third-order valence-corrected chi connectivity index (χ3v) is 7.83. The van der Waals surface area contributed by atoms with Gasteiger partial charge in [-0.15, -0.1) is 0 Å². The van der Waals surface area contributed by atoms with Gasteiger partial charge in [0.2, 0.25) is 15.9 Å². The highest BCUT2D eigenvalue weighted by Crippen LogP contribution is 2.42. The Kier molecular flexibility index (Phi) is 5.84. The Morgan fingerprint density at radius 2 is 1.77 bits per heavy atom. The molecule has 1 N–H and O–H groups in total. The fourth-order valence-electron chi connectivity index (χ4n) is 4.58. The van der Waals surface area contributed by atoms with Crippen LogP contribution in [0.4, 0.5) is 5.69 Å². The van der Waals surface area contributed by atoms with Crippen molar-refractivity contribution in [3.05, 3.63) is 54.6 Å². The van der Waals surface area contributed by atoms with Gasteiger partial charge in [0.15, 0.2) is 0 Å². The van der Waals surface area contributed by atoms with E-state index < -0.39 is 10.0 Å². The molecule has 2 aliphatic heterocycles. The maximum absolute atomic E-state index is 13.3. The van der Waals surface area contributed by atoms with Crippen LogP contribution in [0.2, 0.25) is 0 Å². The first kappa shape index (κ1) is 20.9. The molecule has 3 atom stereocenters. The molecular formula is C23H28N2O4S. The Bertz CT molecular complexity index is 1010. The summed E-state index contributed by atoms with van der Waals surface area (Å²) in [6.07, 6.45) is 2.37. The minimum atomic E-state index is -3.63. The Hall–Kier alpha value is -2.38. The molecule has 2 heterocycles. The lowest BCUT2D eigenvalue weighted by Gasteiger charge is -2.48. The molecule has 30 heavy (non-hydrogen) atoms. The first-order chi connectivity index (χ1) is 14.4. The van der Waals surface area contributed by atoms with E-state index in [1.54, 1.807) is 34.6 Å². The van der Waals surface area contributed by atoms with Gasteiger partial charge in [0, 0.05) is 12.6 Å². The van der Waals surface area contributed by atoms with Crippen LogP contribution < -0.4 is 10.1 Å². The summed E-state index contributed by atoms with van der Waals surface area (Å²) in [7, 11) is -3.63. The summed E-state index contributed by atoms with van der Waals surface area (Å²) in [4.78, 5) is 13.5. The van der Waals surface area contributed by atoms with Crippen LogP contribution in [0.5, 0.6) is 5.75 Å². The number of hydrogen-bond donors (Lipinski definition) is 1. The number of amides is 1. The van der Waals surface area contributed by atoms with Gasteiger partial charge in [-0.3, -0.25) is 4.79 Å². The minimum Gasteiger partial charge on any atom is -0.489 e. The first-order valence-electron chi connectivity index (χ1n) is 10.5. The average Bonchev–Trinajstić information content (AvgIpc) is 2.75. The Morgan fingerprint density at radius 1 is 1.07 bits per heavy atom. The van der Waals surface area contributed by atoms with Gasteiger partial charge >= 0.3 is 0 Å². The van der Waals surface area contributed by atoms with Crippen molar-refractivity contribution in [2.75, 3.05) is 11.9 Å². The molecule has 3 aliphatic rings. The largest absolute Gasteiger partial charge is 0.489 e. The van der Waals surface area contributed by atoms with Crippen LogP contribution in [0.3, 0.4) is 0 Å². The smallest absolute Gasteiger partial charge is 0.243 e.